The normalized spacial score (nSPS) is 18.4. The van der Waals surface area contributed by atoms with Gasteiger partial charge in [0.15, 0.2) is 5.65 Å². The lowest BCUT2D eigenvalue weighted by Crippen LogP contribution is -2.47. The summed E-state index contributed by atoms with van der Waals surface area (Å²) in [5.41, 5.74) is 14.8. The SMILES string of the molecule is CC(C)C[C@@H](N)C(=O)NC1CCC(n2nc(-c3ccc(Oc4ccccc4)cc3)c3c(N)ncnc32)CC1. The summed E-state index contributed by atoms with van der Waals surface area (Å²) in [7, 11) is 0. The van der Waals surface area contributed by atoms with Crippen LogP contribution >= 0.6 is 0 Å². The molecule has 1 aliphatic rings. The molecule has 2 aromatic carbocycles. The molecule has 1 fully saturated rings. The van der Waals surface area contributed by atoms with E-state index in [9.17, 15) is 4.79 Å². The van der Waals surface area contributed by atoms with E-state index in [0.29, 0.717) is 18.2 Å². The number of benzene rings is 2. The highest BCUT2D eigenvalue weighted by molar-refractivity contribution is 5.98. The van der Waals surface area contributed by atoms with E-state index in [4.69, 9.17) is 21.3 Å². The van der Waals surface area contributed by atoms with Crippen molar-refractivity contribution in [1.29, 1.82) is 0 Å². The predicted molar refractivity (Wildman–Crippen MR) is 149 cm³/mol. The smallest absolute Gasteiger partial charge is 0.237 e. The number of ether oxygens (including phenoxy) is 1. The third-order valence-corrected chi connectivity index (χ3v) is 7.08. The second kappa shape index (κ2) is 11.2. The Morgan fingerprint density at radius 1 is 1.03 bits per heavy atom. The van der Waals surface area contributed by atoms with E-state index >= 15 is 0 Å². The van der Waals surface area contributed by atoms with Crippen LogP contribution in [0.15, 0.2) is 60.9 Å². The highest BCUT2D eigenvalue weighted by Crippen LogP contribution is 2.36. The van der Waals surface area contributed by atoms with Crippen molar-refractivity contribution in [1.82, 2.24) is 25.1 Å². The second-order valence-corrected chi connectivity index (χ2v) is 10.4. The van der Waals surface area contributed by atoms with Crippen LogP contribution in [0.5, 0.6) is 11.5 Å². The predicted octanol–water partition coefficient (Wildman–Crippen LogP) is 4.84. The first-order valence-corrected chi connectivity index (χ1v) is 13.3. The van der Waals surface area contributed by atoms with E-state index in [1.54, 1.807) is 0 Å². The Hall–Kier alpha value is -3.98. The Morgan fingerprint density at radius 3 is 2.39 bits per heavy atom. The summed E-state index contributed by atoms with van der Waals surface area (Å²) < 4.78 is 7.92. The van der Waals surface area contributed by atoms with Gasteiger partial charge in [0, 0.05) is 11.6 Å². The van der Waals surface area contributed by atoms with Crippen LogP contribution in [-0.4, -0.2) is 37.7 Å². The summed E-state index contributed by atoms with van der Waals surface area (Å²) in [5.74, 6) is 2.24. The van der Waals surface area contributed by atoms with Crippen molar-refractivity contribution in [2.45, 2.75) is 64.1 Å². The standard InChI is InChI=1S/C29H35N7O2/c1-18(2)16-24(30)29(37)34-20-10-12-21(13-11-20)36-28-25(27(31)32-17-33-28)26(35-36)19-8-14-23(15-9-19)38-22-6-4-3-5-7-22/h3-9,14-15,17-18,20-21,24H,10-13,16,30H2,1-2H3,(H,34,37)(H2,31,32,33)/t20?,21?,24-/m1/s1. The minimum atomic E-state index is -0.463. The van der Waals surface area contributed by atoms with Crippen molar-refractivity contribution >= 4 is 22.8 Å². The topological polar surface area (TPSA) is 134 Å². The number of amides is 1. The number of hydrogen-bond donors (Lipinski definition) is 3. The summed E-state index contributed by atoms with van der Waals surface area (Å²) in [4.78, 5) is 21.3. The summed E-state index contributed by atoms with van der Waals surface area (Å²) in [6.45, 7) is 4.15. The number of fused-ring (bicyclic) bond motifs is 1. The average Bonchev–Trinajstić information content (AvgIpc) is 3.31. The van der Waals surface area contributed by atoms with Gasteiger partial charge in [-0.2, -0.15) is 5.10 Å². The minimum Gasteiger partial charge on any atom is -0.457 e. The minimum absolute atomic E-state index is 0.0609. The Kier molecular flexibility index (Phi) is 7.55. The number of nitrogens with one attached hydrogen (secondary N) is 1. The molecule has 1 amide bonds. The maximum atomic E-state index is 12.5. The maximum absolute atomic E-state index is 12.5. The van der Waals surface area contributed by atoms with Gasteiger partial charge >= 0.3 is 0 Å². The van der Waals surface area contributed by atoms with Gasteiger partial charge in [-0.1, -0.05) is 32.0 Å². The number of rotatable bonds is 8. The molecule has 38 heavy (non-hydrogen) atoms. The summed E-state index contributed by atoms with van der Waals surface area (Å²) in [6.07, 6.45) is 5.62. The number of carbonyl (C=O) groups excluding carboxylic acids is 1. The molecular formula is C29H35N7O2. The highest BCUT2D eigenvalue weighted by Gasteiger charge is 2.28. The number of aromatic nitrogens is 4. The van der Waals surface area contributed by atoms with Crippen LogP contribution < -0.4 is 21.5 Å². The highest BCUT2D eigenvalue weighted by atomic mass is 16.5. The van der Waals surface area contributed by atoms with Crippen LogP contribution in [0.25, 0.3) is 22.3 Å². The molecular weight excluding hydrogens is 478 g/mol. The quantitative estimate of drug-likeness (QED) is 0.307. The molecule has 9 heteroatoms. The Bertz CT molecular complexity index is 1380. The monoisotopic (exact) mass is 513 g/mol. The molecule has 198 valence electrons. The number of carbonyl (C=O) groups is 1. The van der Waals surface area contributed by atoms with Gasteiger partial charge < -0.3 is 21.5 Å². The van der Waals surface area contributed by atoms with Crippen LogP contribution in [0.4, 0.5) is 5.82 Å². The number of hydrogen-bond acceptors (Lipinski definition) is 7. The van der Waals surface area contributed by atoms with Crippen molar-refractivity contribution in [3.63, 3.8) is 0 Å². The molecule has 5 N–H and O–H groups in total. The third-order valence-electron chi connectivity index (χ3n) is 7.08. The lowest BCUT2D eigenvalue weighted by molar-refractivity contribution is -0.123. The molecule has 0 radical (unpaired) electrons. The lowest BCUT2D eigenvalue weighted by atomic mass is 9.91. The largest absolute Gasteiger partial charge is 0.457 e. The van der Waals surface area contributed by atoms with Crippen molar-refractivity contribution < 1.29 is 9.53 Å². The number of nitrogen functional groups attached to an aromatic ring is 1. The molecule has 9 nitrogen and oxygen atoms in total. The van der Waals surface area contributed by atoms with E-state index in [1.165, 1.54) is 6.33 Å². The van der Waals surface area contributed by atoms with E-state index in [-0.39, 0.29) is 18.0 Å². The van der Waals surface area contributed by atoms with Crippen molar-refractivity contribution in [3.8, 4) is 22.8 Å². The maximum Gasteiger partial charge on any atom is 0.237 e. The van der Waals surface area contributed by atoms with Crippen molar-refractivity contribution in [2.24, 2.45) is 11.7 Å². The Labute approximate surface area is 222 Å². The van der Waals surface area contributed by atoms with Crippen LogP contribution in [0.2, 0.25) is 0 Å². The van der Waals surface area contributed by atoms with Crippen molar-refractivity contribution in [3.05, 3.63) is 60.9 Å². The molecule has 0 saturated heterocycles. The third kappa shape index (κ3) is 5.62. The van der Waals surface area contributed by atoms with Gasteiger partial charge in [-0.15, -0.1) is 0 Å². The average molecular weight is 514 g/mol. The summed E-state index contributed by atoms with van der Waals surface area (Å²) in [5, 5.41) is 8.88. The first-order chi connectivity index (χ1) is 18.4. The molecule has 0 unspecified atom stereocenters. The van der Waals surface area contributed by atoms with E-state index < -0.39 is 6.04 Å². The zero-order chi connectivity index (χ0) is 26.6. The molecule has 1 saturated carbocycles. The van der Waals surface area contributed by atoms with Gasteiger partial charge in [0.2, 0.25) is 5.91 Å². The molecule has 0 bridgehead atoms. The van der Waals surface area contributed by atoms with E-state index in [0.717, 1.165) is 59.5 Å². The Morgan fingerprint density at radius 2 is 1.71 bits per heavy atom. The molecule has 1 atom stereocenters. The van der Waals surface area contributed by atoms with Gasteiger partial charge in [-0.3, -0.25) is 4.79 Å². The zero-order valence-electron chi connectivity index (χ0n) is 21.9. The van der Waals surface area contributed by atoms with Gasteiger partial charge in [0.1, 0.15) is 29.3 Å². The molecule has 2 aromatic heterocycles. The zero-order valence-corrected chi connectivity index (χ0v) is 21.9. The van der Waals surface area contributed by atoms with Crippen molar-refractivity contribution in [2.75, 3.05) is 5.73 Å². The molecule has 0 spiro atoms. The number of para-hydroxylation sites is 1. The fourth-order valence-electron chi connectivity index (χ4n) is 5.15. The van der Waals surface area contributed by atoms with E-state index in [1.807, 2.05) is 59.3 Å². The fraction of sp³-hybridized carbons (Fsp3) is 0.379. The van der Waals surface area contributed by atoms with Gasteiger partial charge in [0.25, 0.3) is 0 Å². The van der Waals surface area contributed by atoms with Crippen LogP contribution in [-0.2, 0) is 4.79 Å². The first-order valence-electron chi connectivity index (χ1n) is 13.3. The lowest BCUT2D eigenvalue weighted by Gasteiger charge is -2.30. The molecule has 4 aromatic rings. The molecule has 2 heterocycles. The number of nitrogens with two attached hydrogens (primary N) is 2. The molecule has 0 aliphatic heterocycles. The summed E-state index contributed by atoms with van der Waals surface area (Å²) >= 11 is 0. The molecule has 1 aliphatic carbocycles. The second-order valence-electron chi connectivity index (χ2n) is 10.4. The van der Waals surface area contributed by atoms with Gasteiger partial charge in [-0.25, -0.2) is 14.6 Å². The fourth-order valence-corrected chi connectivity index (χ4v) is 5.15. The van der Waals surface area contributed by atoms with Crippen LogP contribution in [0.1, 0.15) is 52.0 Å². The molecule has 5 rings (SSSR count). The van der Waals surface area contributed by atoms with Crippen LogP contribution in [0, 0.1) is 5.92 Å². The van der Waals surface area contributed by atoms with Crippen LogP contribution in [0.3, 0.4) is 0 Å². The van der Waals surface area contributed by atoms with E-state index in [2.05, 4.69) is 29.1 Å². The Balaban J connectivity index is 1.33. The number of nitrogens with zero attached hydrogens (tertiary/aromatic N) is 4. The first kappa shape index (κ1) is 25.7. The summed E-state index contributed by atoms with van der Waals surface area (Å²) in [6, 6.07) is 17.3. The van der Waals surface area contributed by atoms with Gasteiger partial charge in [-0.05, 0) is 74.4 Å². The number of anilines is 1. The van der Waals surface area contributed by atoms with Gasteiger partial charge in [0.05, 0.1) is 17.5 Å².